The molecule has 0 saturated heterocycles. The lowest BCUT2D eigenvalue weighted by Crippen LogP contribution is -2.09. The Labute approximate surface area is 182 Å². The molecule has 0 radical (unpaired) electrons. The van der Waals surface area contributed by atoms with Crippen LogP contribution < -0.4 is 11.1 Å². The van der Waals surface area contributed by atoms with Crippen LogP contribution in [0.2, 0.25) is 0 Å². The van der Waals surface area contributed by atoms with Crippen molar-refractivity contribution in [3.63, 3.8) is 0 Å². The van der Waals surface area contributed by atoms with Crippen molar-refractivity contribution in [2.45, 2.75) is 0 Å². The Kier molecular flexibility index (Phi) is 4.07. The van der Waals surface area contributed by atoms with Gasteiger partial charge in [-0.05, 0) is 46.2 Å². The second kappa shape index (κ2) is 7.07. The number of fused-ring (bicyclic) bond motifs is 2. The average molecular weight is 423 g/mol. The number of nitrogens with one attached hydrogen (secondary N) is 2. The number of H-pyrrole nitrogens is 1. The topological polar surface area (TPSA) is 92.5 Å². The number of nitrogens with zero attached hydrogens (tertiary/aromatic N) is 3. The van der Waals surface area contributed by atoms with Crippen LogP contribution in [-0.4, -0.2) is 26.5 Å². The molecule has 5 aromatic rings. The fraction of sp³-hybridized carbons (Fsp3) is 0.0417. The zero-order valence-corrected chi connectivity index (χ0v) is 17.3. The first-order valence-electron chi connectivity index (χ1n) is 9.92. The summed E-state index contributed by atoms with van der Waals surface area (Å²) in [6.45, 7) is 0.744. The van der Waals surface area contributed by atoms with Gasteiger partial charge in [0.1, 0.15) is 5.82 Å². The zero-order chi connectivity index (χ0) is 20.8. The van der Waals surface area contributed by atoms with Crippen molar-refractivity contribution in [3.8, 4) is 22.3 Å². The minimum absolute atomic E-state index is 0.648. The third-order valence-electron chi connectivity index (χ3n) is 5.48. The molecule has 0 amide bonds. The van der Waals surface area contributed by atoms with Crippen molar-refractivity contribution in [2.75, 3.05) is 17.6 Å². The molecule has 1 aliphatic heterocycles. The summed E-state index contributed by atoms with van der Waals surface area (Å²) >= 11 is 1.67. The van der Waals surface area contributed by atoms with Gasteiger partial charge in [-0.1, -0.05) is 12.1 Å². The lowest BCUT2D eigenvalue weighted by atomic mass is 9.95. The van der Waals surface area contributed by atoms with E-state index in [1.807, 2.05) is 24.7 Å². The summed E-state index contributed by atoms with van der Waals surface area (Å²) in [4.78, 5) is 17.1. The Morgan fingerprint density at radius 3 is 2.71 bits per heavy atom. The summed E-state index contributed by atoms with van der Waals surface area (Å²) in [6, 6.07) is 10.4. The number of aromatic nitrogens is 4. The number of hydrogen-bond acceptors (Lipinski definition) is 6. The molecule has 5 heterocycles. The van der Waals surface area contributed by atoms with Gasteiger partial charge in [0, 0.05) is 53.1 Å². The van der Waals surface area contributed by atoms with Crippen LogP contribution in [0.4, 0.5) is 11.4 Å². The number of nitrogens with two attached hydrogens (primary N) is 1. The van der Waals surface area contributed by atoms with Crippen molar-refractivity contribution in [2.24, 2.45) is 0 Å². The lowest BCUT2D eigenvalue weighted by molar-refractivity contribution is 1.21. The van der Waals surface area contributed by atoms with Crippen LogP contribution in [-0.2, 0) is 0 Å². The van der Waals surface area contributed by atoms with Gasteiger partial charge in [-0.25, -0.2) is 4.98 Å². The van der Waals surface area contributed by atoms with Gasteiger partial charge in [0.25, 0.3) is 0 Å². The Balaban J connectivity index is 1.48. The molecule has 0 saturated carbocycles. The van der Waals surface area contributed by atoms with E-state index >= 15 is 0 Å². The van der Waals surface area contributed by atoms with E-state index in [2.05, 4.69) is 61.4 Å². The van der Waals surface area contributed by atoms with E-state index in [-0.39, 0.29) is 0 Å². The number of pyridine rings is 2. The second-order valence-corrected chi connectivity index (χ2v) is 8.23. The van der Waals surface area contributed by atoms with Gasteiger partial charge >= 0.3 is 0 Å². The summed E-state index contributed by atoms with van der Waals surface area (Å²) in [5.41, 5.74) is 15.9. The van der Waals surface area contributed by atoms with Crippen molar-refractivity contribution in [3.05, 3.63) is 83.3 Å². The van der Waals surface area contributed by atoms with Crippen LogP contribution in [0.25, 0.3) is 38.9 Å². The van der Waals surface area contributed by atoms with Crippen molar-refractivity contribution in [1.82, 2.24) is 19.9 Å². The van der Waals surface area contributed by atoms with Crippen LogP contribution in [0.15, 0.2) is 72.0 Å². The highest BCUT2D eigenvalue weighted by atomic mass is 32.1. The molecule has 6 nitrogen and oxygen atoms in total. The molecule has 1 aliphatic rings. The van der Waals surface area contributed by atoms with Crippen LogP contribution in [0, 0.1) is 0 Å². The predicted octanol–water partition coefficient (Wildman–Crippen LogP) is 5.19. The first kappa shape index (κ1) is 17.9. The minimum atomic E-state index is 0.648. The van der Waals surface area contributed by atoms with Gasteiger partial charge in [-0.2, -0.15) is 11.3 Å². The summed E-state index contributed by atoms with van der Waals surface area (Å²) in [6.07, 6.45) is 9.36. The Morgan fingerprint density at radius 1 is 0.903 bits per heavy atom. The zero-order valence-electron chi connectivity index (χ0n) is 16.5. The van der Waals surface area contributed by atoms with Crippen LogP contribution >= 0.6 is 11.3 Å². The number of imidazole rings is 1. The number of rotatable bonds is 3. The molecule has 0 spiro atoms. The molecule has 4 aromatic heterocycles. The summed E-state index contributed by atoms with van der Waals surface area (Å²) in [5, 5.41) is 7.64. The number of anilines is 2. The van der Waals surface area contributed by atoms with Crippen molar-refractivity contribution < 1.29 is 0 Å². The fourth-order valence-corrected chi connectivity index (χ4v) is 4.66. The van der Waals surface area contributed by atoms with Gasteiger partial charge in [0.15, 0.2) is 0 Å². The smallest absolute Gasteiger partial charge is 0.138 e. The number of aromatic amines is 1. The Bertz CT molecular complexity index is 1450. The number of hydrogen-bond donors (Lipinski definition) is 3. The standard InChI is InChI=1S/C24H18N6S/c25-17-7-16(9-26-10-17)14-1-2-21-19(8-14)18(3-5-28-21)24-29-22-12-27-11-20(23(22)30-24)15-4-6-31-13-15/h1-4,6-13,28H,5,25H2,(H,29,30). The summed E-state index contributed by atoms with van der Waals surface area (Å²) < 4.78 is 0. The molecule has 150 valence electrons. The first-order chi connectivity index (χ1) is 15.3. The highest BCUT2D eigenvalue weighted by Crippen LogP contribution is 2.36. The van der Waals surface area contributed by atoms with E-state index in [1.54, 1.807) is 17.5 Å². The van der Waals surface area contributed by atoms with E-state index in [9.17, 15) is 0 Å². The van der Waals surface area contributed by atoms with E-state index in [0.717, 1.165) is 62.5 Å². The fourth-order valence-electron chi connectivity index (χ4n) is 4.00. The average Bonchev–Trinajstić information content (AvgIpc) is 3.48. The summed E-state index contributed by atoms with van der Waals surface area (Å²) in [5.74, 6) is 0.838. The van der Waals surface area contributed by atoms with Gasteiger partial charge < -0.3 is 16.0 Å². The van der Waals surface area contributed by atoms with Gasteiger partial charge in [0.05, 0.1) is 22.9 Å². The van der Waals surface area contributed by atoms with E-state index in [1.165, 1.54) is 0 Å². The number of thiophene rings is 1. The molecule has 6 rings (SSSR count). The van der Waals surface area contributed by atoms with Gasteiger partial charge in [-0.15, -0.1) is 0 Å². The molecule has 1 aromatic carbocycles. The molecule has 31 heavy (non-hydrogen) atoms. The Hall–Kier alpha value is -3.97. The minimum Gasteiger partial charge on any atom is -0.397 e. The largest absolute Gasteiger partial charge is 0.397 e. The maximum absolute atomic E-state index is 5.94. The van der Waals surface area contributed by atoms with E-state index < -0.39 is 0 Å². The molecule has 7 heteroatoms. The number of nitrogen functional groups attached to an aromatic ring is 1. The molecule has 4 N–H and O–H groups in total. The molecule has 0 unspecified atom stereocenters. The van der Waals surface area contributed by atoms with Crippen molar-refractivity contribution >= 4 is 39.3 Å². The molecule has 0 bridgehead atoms. The normalized spacial score (nSPS) is 13.0. The summed E-state index contributed by atoms with van der Waals surface area (Å²) in [7, 11) is 0. The van der Waals surface area contributed by atoms with Gasteiger partial charge in [0.2, 0.25) is 0 Å². The van der Waals surface area contributed by atoms with Gasteiger partial charge in [-0.3, -0.25) is 9.97 Å². The second-order valence-electron chi connectivity index (χ2n) is 7.45. The maximum atomic E-state index is 5.94. The lowest BCUT2D eigenvalue weighted by Gasteiger charge is -2.19. The number of benzene rings is 1. The maximum Gasteiger partial charge on any atom is 0.138 e. The quantitative estimate of drug-likeness (QED) is 0.372. The van der Waals surface area contributed by atoms with Crippen molar-refractivity contribution in [1.29, 1.82) is 0 Å². The van der Waals surface area contributed by atoms with E-state index in [4.69, 9.17) is 10.7 Å². The Morgan fingerprint density at radius 2 is 1.84 bits per heavy atom. The van der Waals surface area contributed by atoms with Crippen LogP contribution in [0.5, 0.6) is 0 Å². The van der Waals surface area contributed by atoms with Crippen LogP contribution in [0.1, 0.15) is 11.4 Å². The molecule has 0 atom stereocenters. The highest BCUT2D eigenvalue weighted by Gasteiger charge is 2.19. The third-order valence-corrected chi connectivity index (χ3v) is 6.17. The molecule has 0 aliphatic carbocycles. The SMILES string of the molecule is Nc1cncc(-c2ccc3c(c2)C(c2nc4c(-c5ccsc5)cncc4[nH]2)=CCN3)c1. The third kappa shape index (κ3) is 3.06. The van der Waals surface area contributed by atoms with E-state index in [0.29, 0.717) is 5.69 Å². The molecule has 0 fully saturated rings. The predicted molar refractivity (Wildman–Crippen MR) is 127 cm³/mol. The molecular formula is C24H18N6S. The first-order valence-corrected chi connectivity index (χ1v) is 10.9. The molecular weight excluding hydrogens is 404 g/mol. The van der Waals surface area contributed by atoms with Crippen LogP contribution in [0.3, 0.4) is 0 Å². The highest BCUT2D eigenvalue weighted by molar-refractivity contribution is 7.08. The monoisotopic (exact) mass is 422 g/mol.